The summed E-state index contributed by atoms with van der Waals surface area (Å²) < 4.78 is 0. The quantitative estimate of drug-likeness (QED) is 0.892. The standard InChI is InChI=1S/C14H24N2S/c1-11-12-5-9-17-13(12)4-8-16(11)10-14(2,3)6-7-15/h5,9,11H,4,6-8,10,15H2,1-3H3. The highest BCUT2D eigenvalue weighted by molar-refractivity contribution is 7.10. The second-order valence-corrected chi connectivity index (χ2v) is 6.90. The van der Waals surface area contributed by atoms with Gasteiger partial charge in [-0.3, -0.25) is 4.90 Å². The zero-order chi connectivity index (χ0) is 12.5. The van der Waals surface area contributed by atoms with Gasteiger partial charge in [-0.15, -0.1) is 11.3 Å². The Labute approximate surface area is 109 Å². The molecule has 1 aromatic heterocycles. The number of thiophene rings is 1. The molecule has 2 heterocycles. The SMILES string of the molecule is CC1c2ccsc2CCN1CC(C)(C)CCN. The van der Waals surface area contributed by atoms with E-state index in [9.17, 15) is 0 Å². The van der Waals surface area contributed by atoms with Crippen molar-refractivity contribution < 1.29 is 0 Å². The Kier molecular flexibility index (Phi) is 3.91. The highest BCUT2D eigenvalue weighted by atomic mass is 32.1. The summed E-state index contributed by atoms with van der Waals surface area (Å²) in [6.07, 6.45) is 2.32. The summed E-state index contributed by atoms with van der Waals surface area (Å²) in [5, 5.41) is 2.23. The van der Waals surface area contributed by atoms with Gasteiger partial charge in [-0.2, -0.15) is 0 Å². The molecule has 2 rings (SSSR count). The van der Waals surface area contributed by atoms with Crippen LogP contribution in [-0.2, 0) is 6.42 Å². The van der Waals surface area contributed by atoms with Crippen molar-refractivity contribution >= 4 is 11.3 Å². The Balaban J connectivity index is 2.05. The van der Waals surface area contributed by atoms with Crippen molar-refractivity contribution in [1.82, 2.24) is 4.90 Å². The number of rotatable bonds is 4. The number of hydrogen-bond donors (Lipinski definition) is 1. The van der Waals surface area contributed by atoms with Gasteiger partial charge in [0.2, 0.25) is 0 Å². The van der Waals surface area contributed by atoms with Gasteiger partial charge < -0.3 is 5.73 Å². The Bertz CT molecular complexity index is 370. The van der Waals surface area contributed by atoms with Gasteiger partial charge in [-0.1, -0.05) is 13.8 Å². The van der Waals surface area contributed by atoms with E-state index < -0.39 is 0 Å². The average molecular weight is 252 g/mol. The molecule has 0 aliphatic carbocycles. The first-order valence-corrected chi connectivity index (χ1v) is 7.42. The summed E-state index contributed by atoms with van der Waals surface area (Å²) in [7, 11) is 0. The molecule has 0 amide bonds. The summed E-state index contributed by atoms with van der Waals surface area (Å²) in [5.74, 6) is 0. The molecule has 17 heavy (non-hydrogen) atoms. The third kappa shape index (κ3) is 2.90. The number of nitrogens with zero attached hydrogens (tertiary/aromatic N) is 1. The molecule has 0 bridgehead atoms. The van der Waals surface area contributed by atoms with Crippen LogP contribution < -0.4 is 5.73 Å². The molecular weight excluding hydrogens is 228 g/mol. The van der Waals surface area contributed by atoms with Crippen molar-refractivity contribution in [2.24, 2.45) is 11.1 Å². The lowest BCUT2D eigenvalue weighted by Crippen LogP contribution is -2.40. The number of hydrogen-bond acceptors (Lipinski definition) is 3. The van der Waals surface area contributed by atoms with Crippen LogP contribution in [0.15, 0.2) is 11.4 Å². The van der Waals surface area contributed by atoms with Gasteiger partial charge in [0.05, 0.1) is 0 Å². The highest BCUT2D eigenvalue weighted by Gasteiger charge is 2.29. The Morgan fingerprint density at radius 1 is 1.53 bits per heavy atom. The Hall–Kier alpha value is -0.380. The monoisotopic (exact) mass is 252 g/mol. The van der Waals surface area contributed by atoms with E-state index in [4.69, 9.17) is 5.73 Å². The summed E-state index contributed by atoms with van der Waals surface area (Å²) in [6, 6.07) is 2.87. The van der Waals surface area contributed by atoms with E-state index >= 15 is 0 Å². The third-order valence-electron chi connectivity index (χ3n) is 3.86. The van der Waals surface area contributed by atoms with Gasteiger partial charge in [-0.25, -0.2) is 0 Å². The molecule has 0 spiro atoms. The van der Waals surface area contributed by atoms with E-state index in [-0.39, 0.29) is 0 Å². The van der Waals surface area contributed by atoms with Crippen LogP contribution >= 0.6 is 11.3 Å². The van der Waals surface area contributed by atoms with Crippen LogP contribution in [0.1, 0.15) is 43.7 Å². The molecule has 1 atom stereocenters. The van der Waals surface area contributed by atoms with Crippen molar-refractivity contribution in [1.29, 1.82) is 0 Å². The molecule has 0 saturated carbocycles. The maximum atomic E-state index is 5.70. The topological polar surface area (TPSA) is 29.3 Å². The fourth-order valence-electron chi connectivity index (χ4n) is 2.80. The molecule has 0 fully saturated rings. The fourth-order valence-corrected chi connectivity index (χ4v) is 3.76. The lowest BCUT2D eigenvalue weighted by molar-refractivity contribution is 0.125. The molecule has 0 radical (unpaired) electrons. The molecular formula is C14H24N2S. The smallest absolute Gasteiger partial charge is 0.0331 e. The van der Waals surface area contributed by atoms with Crippen LogP contribution in [0.2, 0.25) is 0 Å². The lowest BCUT2D eigenvalue weighted by atomic mass is 9.87. The second-order valence-electron chi connectivity index (χ2n) is 5.90. The molecule has 2 nitrogen and oxygen atoms in total. The predicted molar refractivity (Wildman–Crippen MR) is 75.5 cm³/mol. The van der Waals surface area contributed by atoms with Crippen molar-refractivity contribution in [2.75, 3.05) is 19.6 Å². The average Bonchev–Trinajstić information content (AvgIpc) is 2.70. The molecule has 1 aromatic rings. The van der Waals surface area contributed by atoms with Crippen LogP contribution in [0.5, 0.6) is 0 Å². The first-order chi connectivity index (χ1) is 8.03. The Morgan fingerprint density at radius 3 is 3.00 bits per heavy atom. The minimum absolute atomic E-state index is 0.330. The maximum Gasteiger partial charge on any atom is 0.0331 e. The fraction of sp³-hybridized carbons (Fsp3) is 0.714. The van der Waals surface area contributed by atoms with E-state index in [0.29, 0.717) is 11.5 Å². The van der Waals surface area contributed by atoms with Crippen molar-refractivity contribution in [3.05, 3.63) is 21.9 Å². The largest absolute Gasteiger partial charge is 0.330 e. The van der Waals surface area contributed by atoms with Crippen molar-refractivity contribution in [3.63, 3.8) is 0 Å². The number of fused-ring (bicyclic) bond motifs is 1. The van der Waals surface area contributed by atoms with Crippen molar-refractivity contribution in [3.8, 4) is 0 Å². The van der Waals surface area contributed by atoms with E-state index in [1.165, 1.54) is 13.0 Å². The van der Waals surface area contributed by atoms with E-state index in [1.54, 1.807) is 10.4 Å². The zero-order valence-corrected chi connectivity index (χ0v) is 12.0. The molecule has 1 unspecified atom stereocenters. The molecule has 0 aromatic carbocycles. The van der Waals surface area contributed by atoms with Crippen LogP contribution in [0, 0.1) is 5.41 Å². The molecule has 96 valence electrons. The van der Waals surface area contributed by atoms with Crippen LogP contribution in [-0.4, -0.2) is 24.5 Å². The first-order valence-electron chi connectivity index (χ1n) is 6.54. The summed E-state index contributed by atoms with van der Waals surface area (Å²) >= 11 is 1.91. The lowest BCUT2D eigenvalue weighted by Gasteiger charge is -2.39. The van der Waals surface area contributed by atoms with Crippen molar-refractivity contribution in [2.45, 2.75) is 39.7 Å². The maximum absolute atomic E-state index is 5.70. The molecule has 2 N–H and O–H groups in total. The first kappa shape index (κ1) is 13.1. The minimum atomic E-state index is 0.330. The van der Waals surface area contributed by atoms with Crippen LogP contribution in [0.25, 0.3) is 0 Å². The van der Waals surface area contributed by atoms with Gasteiger partial charge in [0, 0.05) is 24.0 Å². The minimum Gasteiger partial charge on any atom is -0.330 e. The van der Waals surface area contributed by atoms with E-state index in [2.05, 4.69) is 37.1 Å². The van der Waals surface area contributed by atoms with Gasteiger partial charge >= 0.3 is 0 Å². The third-order valence-corrected chi connectivity index (χ3v) is 4.85. The van der Waals surface area contributed by atoms with Gasteiger partial charge in [0.15, 0.2) is 0 Å². The van der Waals surface area contributed by atoms with Gasteiger partial charge in [0.25, 0.3) is 0 Å². The highest BCUT2D eigenvalue weighted by Crippen LogP contribution is 2.35. The molecule has 1 aliphatic rings. The van der Waals surface area contributed by atoms with E-state index in [1.807, 2.05) is 11.3 Å². The molecule has 3 heteroatoms. The number of nitrogens with two attached hydrogens (primary N) is 1. The Morgan fingerprint density at radius 2 is 2.29 bits per heavy atom. The predicted octanol–water partition coefficient (Wildman–Crippen LogP) is 3.04. The van der Waals surface area contributed by atoms with Crippen LogP contribution in [0.3, 0.4) is 0 Å². The summed E-state index contributed by atoms with van der Waals surface area (Å²) in [4.78, 5) is 4.20. The van der Waals surface area contributed by atoms with E-state index in [0.717, 1.165) is 19.5 Å². The summed E-state index contributed by atoms with van der Waals surface area (Å²) in [5.41, 5.74) is 7.57. The summed E-state index contributed by atoms with van der Waals surface area (Å²) in [6.45, 7) is 10.1. The molecule has 0 saturated heterocycles. The molecule has 1 aliphatic heterocycles. The van der Waals surface area contributed by atoms with Crippen LogP contribution in [0.4, 0.5) is 0 Å². The zero-order valence-electron chi connectivity index (χ0n) is 11.2. The second kappa shape index (κ2) is 5.09. The normalized spacial score (nSPS) is 21.5. The van der Waals surface area contributed by atoms with Gasteiger partial charge in [0.1, 0.15) is 0 Å². The van der Waals surface area contributed by atoms with Gasteiger partial charge in [-0.05, 0) is 48.7 Å².